The summed E-state index contributed by atoms with van der Waals surface area (Å²) >= 11 is 0. The van der Waals surface area contributed by atoms with Gasteiger partial charge in [0.2, 0.25) is 10.0 Å². The molecule has 112 valence electrons. The lowest BCUT2D eigenvalue weighted by Crippen LogP contribution is -2.60. The van der Waals surface area contributed by atoms with E-state index < -0.39 is 25.1 Å². The minimum absolute atomic E-state index is 0.000220. The molecule has 6 nitrogen and oxygen atoms in total. The molecule has 2 aliphatic heterocycles. The summed E-state index contributed by atoms with van der Waals surface area (Å²) in [5.41, 5.74) is 0. The van der Waals surface area contributed by atoms with Gasteiger partial charge in [-0.3, -0.25) is 0 Å². The molecule has 0 spiro atoms. The second-order valence-electron chi connectivity index (χ2n) is 5.32. The molecule has 0 radical (unpaired) electrons. The van der Waals surface area contributed by atoms with Gasteiger partial charge in [-0.1, -0.05) is 6.92 Å². The maximum absolute atomic E-state index is 12.6. The van der Waals surface area contributed by atoms with Gasteiger partial charge >= 0.3 is 0 Å². The molecule has 0 aromatic rings. The van der Waals surface area contributed by atoms with Gasteiger partial charge in [0, 0.05) is 25.7 Å². The third kappa shape index (κ3) is 3.29. The minimum Gasteiger partial charge on any atom is -0.313 e. The van der Waals surface area contributed by atoms with Crippen LogP contribution in [0.4, 0.5) is 0 Å². The van der Waals surface area contributed by atoms with E-state index in [1.54, 1.807) is 4.31 Å². The van der Waals surface area contributed by atoms with Crippen LogP contribution in [0.5, 0.6) is 0 Å². The molecular weight excluding hydrogens is 288 g/mol. The van der Waals surface area contributed by atoms with E-state index in [1.807, 2.05) is 6.92 Å². The molecule has 0 saturated carbocycles. The minimum atomic E-state index is -3.37. The van der Waals surface area contributed by atoms with E-state index in [4.69, 9.17) is 0 Å². The summed E-state index contributed by atoms with van der Waals surface area (Å²) in [7, 11) is -6.39. The fourth-order valence-electron chi connectivity index (χ4n) is 2.57. The molecule has 0 amide bonds. The average Bonchev–Trinajstić information content (AvgIpc) is 2.25. The van der Waals surface area contributed by atoms with Crippen LogP contribution in [0.2, 0.25) is 0 Å². The van der Waals surface area contributed by atoms with E-state index in [2.05, 4.69) is 5.32 Å². The largest absolute Gasteiger partial charge is 0.313 e. The Hall–Kier alpha value is -0.180. The van der Waals surface area contributed by atoms with Crippen LogP contribution in [0.3, 0.4) is 0 Å². The molecule has 0 aliphatic carbocycles. The van der Waals surface area contributed by atoms with Crippen LogP contribution in [0.25, 0.3) is 0 Å². The van der Waals surface area contributed by atoms with Crippen LogP contribution in [0.1, 0.15) is 26.2 Å². The second-order valence-corrected chi connectivity index (χ2v) is 9.79. The van der Waals surface area contributed by atoms with Crippen molar-refractivity contribution in [3.8, 4) is 0 Å². The van der Waals surface area contributed by atoms with Crippen molar-refractivity contribution in [3.63, 3.8) is 0 Å². The SMILES string of the molecule is CCCN(C1CNC1)S(=O)(=O)C1CCS(=O)(=O)CC1. The molecule has 0 unspecified atom stereocenters. The van der Waals surface area contributed by atoms with Gasteiger partial charge in [-0.15, -0.1) is 0 Å². The lowest BCUT2D eigenvalue weighted by Gasteiger charge is -2.39. The van der Waals surface area contributed by atoms with Gasteiger partial charge in [-0.2, -0.15) is 4.31 Å². The lowest BCUT2D eigenvalue weighted by atomic mass is 10.2. The van der Waals surface area contributed by atoms with E-state index >= 15 is 0 Å². The molecule has 8 heteroatoms. The van der Waals surface area contributed by atoms with Crippen molar-refractivity contribution < 1.29 is 16.8 Å². The Bertz CT molecular complexity index is 497. The maximum atomic E-state index is 12.6. The molecule has 0 atom stereocenters. The van der Waals surface area contributed by atoms with Crippen molar-refractivity contribution in [2.75, 3.05) is 31.1 Å². The molecule has 1 N–H and O–H groups in total. The van der Waals surface area contributed by atoms with E-state index in [0.717, 1.165) is 6.42 Å². The van der Waals surface area contributed by atoms with Gasteiger partial charge in [0.1, 0.15) is 9.84 Å². The van der Waals surface area contributed by atoms with Crippen LogP contribution < -0.4 is 5.32 Å². The van der Waals surface area contributed by atoms with Gasteiger partial charge in [-0.25, -0.2) is 16.8 Å². The van der Waals surface area contributed by atoms with Crippen LogP contribution in [-0.2, 0) is 19.9 Å². The van der Waals surface area contributed by atoms with Crippen molar-refractivity contribution in [1.82, 2.24) is 9.62 Å². The lowest BCUT2D eigenvalue weighted by molar-refractivity contribution is 0.239. The highest BCUT2D eigenvalue weighted by Gasteiger charge is 2.40. The highest BCUT2D eigenvalue weighted by atomic mass is 32.2. The van der Waals surface area contributed by atoms with Crippen LogP contribution >= 0.6 is 0 Å². The summed E-state index contributed by atoms with van der Waals surface area (Å²) in [6.07, 6.45) is 1.26. The fourth-order valence-corrected chi connectivity index (χ4v) is 6.58. The topological polar surface area (TPSA) is 83.6 Å². The van der Waals surface area contributed by atoms with Gasteiger partial charge in [0.05, 0.1) is 16.8 Å². The molecule has 0 bridgehead atoms. The number of sulfone groups is 1. The Morgan fingerprint density at radius 2 is 1.79 bits per heavy atom. The average molecular weight is 310 g/mol. The van der Waals surface area contributed by atoms with Gasteiger partial charge in [-0.05, 0) is 19.3 Å². The van der Waals surface area contributed by atoms with Crippen molar-refractivity contribution in [2.24, 2.45) is 0 Å². The molecule has 2 aliphatic rings. The molecule has 2 heterocycles. The first kappa shape index (κ1) is 15.2. The van der Waals surface area contributed by atoms with E-state index in [1.165, 1.54) is 0 Å². The van der Waals surface area contributed by atoms with Crippen molar-refractivity contribution >= 4 is 19.9 Å². The third-order valence-electron chi connectivity index (χ3n) is 3.86. The number of sulfonamides is 1. The Morgan fingerprint density at radius 1 is 1.21 bits per heavy atom. The highest BCUT2D eigenvalue weighted by Crippen LogP contribution is 2.25. The Kier molecular flexibility index (Phi) is 4.54. The zero-order valence-electron chi connectivity index (χ0n) is 11.2. The number of hydrogen-bond acceptors (Lipinski definition) is 5. The van der Waals surface area contributed by atoms with E-state index in [9.17, 15) is 16.8 Å². The summed E-state index contributed by atoms with van der Waals surface area (Å²) in [4.78, 5) is 0. The zero-order chi connectivity index (χ0) is 14.1. The van der Waals surface area contributed by atoms with Gasteiger partial charge in [0.25, 0.3) is 0 Å². The molecule has 0 aromatic heterocycles. The Morgan fingerprint density at radius 3 is 2.21 bits per heavy atom. The van der Waals surface area contributed by atoms with Crippen LogP contribution in [-0.4, -0.2) is 63.6 Å². The Balaban J connectivity index is 2.11. The summed E-state index contributed by atoms with van der Waals surface area (Å²) in [6.45, 7) is 3.88. The summed E-state index contributed by atoms with van der Waals surface area (Å²) in [5.74, 6) is -0.000440. The predicted octanol–water partition coefficient (Wildman–Crippen LogP) is -0.423. The Labute approximate surface area is 115 Å². The predicted molar refractivity (Wildman–Crippen MR) is 74.3 cm³/mol. The second kappa shape index (κ2) is 5.67. The monoisotopic (exact) mass is 310 g/mol. The van der Waals surface area contributed by atoms with Gasteiger partial charge < -0.3 is 5.32 Å². The molecule has 2 saturated heterocycles. The first-order chi connectivity index (χ1) is 8.87. The summed E-state index contributed by atoms with van der Waals surface area (Å²) < 4.78 is 49.6. The fraction of sp³-hybridized carbons (Fsp3) is 1.00. The van der Waals surface area contributed by atoms with Crippen LogP contribution in [0, 0.1) is 0 Å². The smallest absolute Gasteiger partial charge is 0.217 e. The first-order valence-electron chi connectivity index (χ1n) is 6.78. The zero-order valence-corrected chi connectivity index (χ0v) is 12.8. The highest BCUT2D eigenvalue weighted by molar-refractivity contribution is 7.92. The van der Waals surface area contributed by atoms with E-state index in [-0.39, 0.29) is 30.4 Å². The third-order valence-corrected chi connectivity index (χ3v) is 8.02. The van der Waals surface area contributed by atoms with Crippen molar-refractivity contribution in [2.45, 2.75) is 37.5 Å². The molecule has 0 aromatic carbocycles. The number of hydrogen-bond donors (Lipinski definition) is 1. The van der Waals surface area contributed by atoms with Crippen LogP contribution in [0.15, 0.2) is 0 Å². The normalized spacial score (nSPS) is 25.4. The summed E-state index contributed by atoms with van der Waals surface area (Å²) in [6, 6.07) is 0.0449. The quantitative estimate of drug-likeness (QED) is 0.745. The number of nitrogens with one attached hydrogen (secondary N) is 1. The molecular formula is C11H22N2O4S2. The molecule has 2 fully saturated rings. The number of nitrogens with zero attached hydrogens (tertiary/aromatic N) is 1. The molecule has 19 heavy (non-hydrogen) atoms. The first-order valence-corrected chi connectivity index (χ1v) is 10.1. The number of rotatable bonds is 5. The standard InChI is InChI=1S/C11H22N2O4S2/c1-2-5-13(10-8-12-9-10)19(16,17)11-3-6-18(14,15)7-4-11/h10-12H,2-9H2,1H3. The molecule has 2 rings (SSSR count). The van der Waals surface area contributed by atoms with Crippen molar-refractivity contribution in [3.05, 3.63) is 0 Å². The van der Waals surface area contributed by atoms with Crippen molar-refractivity contribution in [1.29, 1.82) is 0 Å². The maximum Gasteiger partial charge on any atom is 0.217 e. The van der Waals surface area contributed by atoms with E-state index in [0.29, 0.717) is 19.6 Å². The van der Waals surface area contributed by atoms with Gasteiger partial charge in [0.15, 0.2) is 0 Å². The summed E-state index contributed by atoms with van der Waals surface area (Å²) in [5, 5.41) is 2.56.